The average molecular weight is 423 g/mol. The van der Waals surface area contributed by atoms with Gasteiger partial charge < -0.3 is 15.4 Å². The summed E-state index contributed by atoms with van der Waals surface area (Å²) in [7, 11) is 1.78. The molecule has 6 heteroatoms. The van der Waals surface area contributed by atoms with Gasteiger partial charge in [-0.25, -0.2) is 0 Å². The molecule has 0 saturated carbocycles. The first kappa shape index (κ1) is 20.5. The summed E-state index contributed by atoms with van der Waals surface area (Å²) < 4.78 is 5.28. The van der Waals surface area contributed by atoms with E-state index in [2.05, 4.69) is 46.8 Å². The van der Waals surface area contributed by atoms with Crippen molar-refractivity contribution in [3.63, 3.8) is 0 Å². The molecule has 0 aliphatic carbocycles. The molecule has 0 aliphatic heterocycles. The zero-order valence-electron chi connectivity index (χ0n) is 13.0. The maximum atomic E-state index is 5.28. The fourth-order valence-corrected chi connectivity index (χ4v) is 2.57. The summed E-state index contributed by atoms with van der Waals surface area (Å²) in [4.78, 5) is 5.49. The number of nitrogens with zero attached hydrogens (tertiary/aromatic N) is 1. The van der Waals surface area contributed by atoms with Crippen molar-refractivity contribution in [2.45, 2.75) is 24.0 Å². The van der Waals surface area contributed by atoms with Crippen LogP contribution in [0, 0.1) is 0 Å². The number of rotatable bonds is 8. The predicted octanol–water partition coefficient (Wildman–Crippen LogP) is 2.99. The molecule has 1 atom stereocenters. The van der Waals surface area contributed by atoms with Gasteiger partial charge in [-0.2, -0.15) is 0 Å². The van der Waals surface area contributed by atoms with Crippen LogP contribution in [0.4, 0.5) is 0 Å². The van der Waals surface area contributed by atoms with Crippen molar-refractivity contribution in [2.24, 2.45) is 4.99 Å². The third kappa shape index (κ3) is 9.97. The summed E-state index contributed by atoms with van der Waals surface area (Å²) in [6.07, 6.45) is 0. The van der Waals surface area contributed by atoms with Gasteiger partial charge >= 0.3 is 0 Å². The number of nitrogens with one attached hydrogen (secondary N) is 2. The zero-order valence-corrected chi connectivity index (χ0v) is 16.1. The van der Waals surface area contributed by atoms with Crippen LogP contribution in [-0.2, 0) is 4.74 Å². The first-order valence-corrected chi connectivity index (χ1v) is 7.88. The van der Waals surface area contributed by atoms with Crippen LogP contribution in [0.1, 0.15) is 13.8 Å². The Morgan fingerprint density at radius 1 is 1.29 bits per heavy atom. The van der Waals surface area contributed by atoms with E-state index in [0.29, 0.717) is 11.9 Å². The molecule has 1 unspecified atom stereocenters. The predicted molar refractivity (Wildman–Crippen MR) is 103 cm³/mol. The number of halogens is 1. The van der Waals surface area contributed by atoms with Crippen LogP contribution in [-0.4, -0.2) is 44.6 Å². The van der Waals surface area contributed by atoms with E-state index in [-0.39, 0.29) is 24.0 Å². The van der Waals surface area contributed by atoms with Crippen molar-refractivity contribution in [2.75, 3.05) is 33.4 Å². The number of hydrogen-bond acceptors (Lipinski definition) is 3. The lowest BCUT2D eigenvalue weighted by Gasteiger charge is -2.15. The number of thioether (sulfide) groups is 1. The largest absolute Gasteiger partial charge is 0.380 e. The minimum Gasteiger partial charge on any atom is -0.380 e. The van der Waals surface area contributed by atoms with E-state index in [1.165, 1.54) is 4.90 Å². The first-order chi connectivity index (χ1) is 9.76. The van der Waals surface area contributed by atoms with Gasteiger partial charge in [0, 0.05) is 36.9 Å². The number of guanidine groups is 1. The Balaban J connectivity index is 0.00000400. The van der Waals surface area contributed by atoms with E-state index in [4.69, 9.17) is 4.74 Å². The van der Waals surface area contributed by atoms with Crippen LogP contribution in [0.25, 0.3) is 0 Å². The fraction of sp³-hybridized carbons (Fsp3) is 0.533. The molecule has 0 radical (unpaired) electrons. The van der Waals surface area contributed by atoms with Gasteiger partial charge in [-0.15, -0.1) is 35.7 Å². The molecule has 0 fully saturated rings. The van der Waals surface area contributed by atoms with E-state index in [1.807, 2.05) is 24.8 Å². The Kier molecular flexibility index (Phi) is 12.9. The van der Waals surface area contributed by atoms with E-state index in [1.54, 1.807) is 7.05 Å². The second-order valence-electron chi connectivity index (χ2n) is 4.32. The third-order valence-electron chi connectivity index (χ3n) is 2.60. The molecule has 0 amide bonds. The number of aliphatic imine (C=N–C) groups is 1. The maximum Gasteiger partial charge on any atom is 0.191 e. The standard InChI is InChI=1S/C15H25N3OS.HI/c1-4-19-11-10-17-15(16-3)18-12-13(2)20-14-8-6-5-7-9-14;/h5-9,13H,4,10-12H2,1-3H3,(H2,16,17,18);1H. The van der Waals surface area contributed by atoms with E-state index >= 15 is 0 Å². The average Bonchev–Trinajstić information content (AvgIpc) is 2.47. The summed E-state index contributed by atoms with van der Waals surface area (Å²) in [5.74, 6) is 0.824. The molecule has 120 valence electrons. The normalized spacial score (nSPS) is 12.4. The van der Waals surface area contributed by atoms with E-state index in [9.17, 15) is 0 Å². The van der Waals surface area contributed by atoms with Gasteiger partial charge in [0.25, 0.3) is 0 Å². The lowest BCUT2D eigenvalue weighted by molar-refractivity contribution is 0.152. The van der Waals surface area contributed by atoms with Crippen molar-refractivity contribution in [1.29, 1.82) is 0 Å². The highest BCUT2D eigenvalue weighted by Gasteiger charge is 2.05. The van der Waals surface area contributed by atoms with Gasteiger partial charge in [0.2, 0.25) is 0 Å². The second kappa shape index (κ2) is 13.2. The summed E-state index contributed by atoms with van der Waals surface area (Å²) in [5.41, 5.74) is 0. The molecule has 0 saturated heterocycles. The third-order valence-corrected chi connectivity index (χ3v) is 3.72. The molecule has 0 aliphatic rings. The SMILES string of the molecule is CCOCCNC(=NC)NCC(C)Sc1ccccc1.I. The van der Waals surface area contributed by atoms with Crippen molar-refractivity contribution in [1.82, 2.24) is 10.6 Å². The molecule has 0 bridgehead atoms. The molecular weight excluding hydrogens is 397 g/mol. The van der Waals surface area contributed by atoms with Crippen molar-refractivity contribution in [3.05, 3.63) is 30.3 Å². The first-order valence-electron chi connectivity index (χ1n) is 7.00. The van der Waals surface area contributed by atoms with Crippen molar-refractivity contribution < 1.29 is 4.74 Å². The molecule has 1 aromatic carbocycles. The van der Waals surface area contributed by atoms with Gasteiger partial charge in [0.05, 0.1) is 6.61 Å². The van der Waals surface area contributed by atoms with Gasteiger partial charge in [0.15, 0.2) is 5.96 Å². The molecule has 4 nitrogen and oxygen atoms in total. The number of hydrogen-bond donors (Lipinski definition) is 2. The molecule has 0 aromatic heterocycles. The second-order valence-corrected chi connectivity index (χ2v) is 5.83. The van der Waals surface area contributed by atoms with Gasteiger partial charge in [0.1, 0.15) is 0 Å². The van der Waals surface area contributed by atoms with Crippen LogP contribution in [0.3, 0.4) is 0 Å². The monoisotopic (exact) mass is 423 g/mol. The van der Waals surface area contributed by atoms with Gasteiger partial charge in [-0.3, -0.25) is 4.99 Å². The number of benzene rings is 1. The Bertz CT molecular complexity index is 390. The molecule has 2 N–H and O–H groups in total. The molecule has 21 heavy (non-hydrogen) atoms. The molecular formula is C15H26IN3OS. The minimum absolute atomic E-state index is 0. The summed E-state index contributed by atoms with van der Waals surface area (Å²) in [6, 6.07) is 10.4. The summed E-state index contributed by atoms with van der Waals surface area (Å²) >= 11 is 1.86. The molecule has 0 spiro atoms. The lowest BCUT2D eigenvalue weighted by Crippen LogP contribution is -2.41. The van der Waals surface area contributed by atoms with Gasteiger partial charge in [-0.05, 0) is 19.1 Å². The minimum atomic E-state index is 0. The molecule has 0 heterocycles. The van der Waals surface area contributed by atoms with Crippen molar-refractivity contribution in [3.8, 4) is 0 Å². The highest BCUT2D eigenvalue weighted by atomic mass is 127. The lowest BCUT2D eigenvalue weighted by atomic mass is 10.4. The highest BCUT2D eigenvalue weighted by molar-refractivity contribution is 14.0. The van der Waals surface area contributed by atoms with E-state index < -0.39 is 0 Å². The highest BCUT2D eigenvalue weighted by Crippen LogP contribution is 2.21. The topological polar surface area (TPSA) is 45.6 Å². The smallest absolute Gasteiger partial charge is 0.191 e. The summed E-state index contributed by atoms with van der Waals surface area (Å²) in [5, 5.41) is 7.03. The zero-order chi connectivity index (χ0) is 14.6. The Hall–Kier alpha value is -0.470. The molecule has 1 rings (SSSR count). The Labute approximate surface area is 149 Å². The van der Waals surface area contributed by atoms with Crippen molar-refractivity contribution >= 4 is 41.7 Å². The van der Waals surface area contributed by atoms with Crippen LogP contribution in [0.15, 0.2) is 40.2 Å². The van der Waals surface area contributed by atoms with Gasteiger partial charge in [-0.1, -0.05) is 25.1 Å². The Morgan fingerprint density at radius 2 is 2.00 bits per heavy atom. The van der Waals surface area contributed by atoms with Crippen LogP contribution < -0.4 is 10.6 Å². The van der Waals surface area contributed by atoms with E-state index in [0.717, 1.165) is 25.7 Å². The quantitative estimate of drug-likeness (QED) is 0.222. The number of ether oxygens (including phenoxy) is 1. The fourth-order valence-electron chi connectivity index (χ4n) is 1.62. The van der Waals surface area contributed by atoms with Crippen LogP contribution in [0.5, 0.6) is 0 Å². The maximum absolute atomic E-state index is 5.28. The summed E-state index contributed by atoms with van der Waals surface area (Å²) in [6.45, 7) is 7.29. The Morgan fingerprint density at radius 3 is 2.62 bits per heavy atom. The van der Waals surface area contributed by atoms with Crippen LogP contribution in [0.2, 0.25) is 0 Å². The van der Waals surface area contributed by atoms with Crippen LogP contribution >= 0.6 is 35.7 Å². The molecule has 1 aromatic rings.